The van der Waals surface area contributed by atoms with Crippen LogP contribution in [0.2, 0.25) is 0 Å². The largest absolute Gasteiger partial charge is 0.379 e. The molecular formula is C20H31N3O4S2. The van der Waals surface area contributed by atoms with Gasteiger partial charge < -0.3 is 10.1 Å². The van der Waals surface area contributed by atoms with E-state index in [1.165, 1.54) is 15.6 Å². The molecule has 2 heterocycles. The number of carbonyl (C=O) groups excluding carboxylic acids is 1. The lowest BCUT2D eigenvalue weighted by atomic mass is 10.2. The van der Waals surface area contributed by atoms with Gasteiger partial charge in [-0.1, -0.05) is 39.3 Å². The molecule has 1 amide bonds. The highest BCUT2D eigenvalue weighted by Gasteiger charge is 2.26. The minimum Gasteiger partial charge on any atom is -0.379 e. The van der Waals surface area contributed by atoms with Crippen molar-refractivity contribution in [1.82, 2.24) is 9.29 Å². The lowest BCUT2D eigenvalue weighted by Crippen LogP contribution is -2.40. The third-order valence-electron chi connectivity index (χ3n) is 4.27. The van der Waals surface area contributed by atoms with E-state index < -0.39 is 10.0 Å². The first-order chi connectivity index (χ1) is 14.0. The van der Waals surface area contributed by atoms with Gasteiger partial charge in [-0.25, -0.2) is 13.4 Å². The van der Waals surface area contributed by atoms with Crippen LogP contribution in [0.1, 0.15) is 41.5 Å². The van der Waals surface area contributed by atoms with E-state index >= 15 is 0 Å². The van der Waals surface area contributed by atoms with Crippen molar-refractivity contribution < 1.29 is 19.4 Å². The van der Waals surface area contributed by atoms with Crippen LogP contribution in [-0.4, -0.2) is 49.9 Å². The summed E-state index contributed by atoms with van der Waals surface area (Å²) in [6.07, 6.45) is 2.30. The first-order valence-corrected chi connectivity index (χ1v) is 12.3. The molecule has 0 aliphatic carbocycles. The Morgan fingerprint density at radius 1 is 1.24 bits per heavy atom. The molecule has 0 radical (unpaired) electrons. The molecule has 1 aromatic heterocycles. The molecule has 1 saturated heterocycles. The number of aromatic nitrogens is 1. The maximum Gasteiger partial charge on any atom is 0.243 e. The summed E-state index contributed by atoms with van der Waals surface area (Å²) >= 11 is 1.36. The van der Waals surface area contributed by atoms with E-state index in [0.29, 0.717) is 43.5 Å². The second-order valence-electron chi connectivity index (χ2n) is 6.23. The van der Waals surface area contributed by atoms with E-state index in [-0.39, 0.29) is 12.2 Å². The van der Waals surface area contributed by atoms with Gasteiger partial charge in [-0.2, -0.15) is 4.31 Å². The number of benzene rings is 1. The molecule has 0 unspecified atom stereocenters. The smallest absolute Gasteiger partial charge is 0.243 e. The van der Waals surface area contributed by atoms with Crippen molar-refractivity contribution >= 4 is 32.4 Å². The monoisotopic (exact) mass is 441 g/mol. The number of anilines is 1. The number of unbranched alkanes of at least 4 members (excludes halogenated alkanes) is 1. The Morgan fingerprint density at radius 2 is 1.90 bits per heavy atom. The van der Waals surface area contributed by atoms with Gasteiger partial charge in [0.15, 0.2) is 5.13 Å². The molecule has 0 bridgehead atoms. The van der Waals surface area contributed by atoms with Gasteiger partial charge in [0, 0.05) is 31.9 Å². The van der Waals surface area contributed by atoms with Gasteiger partial charge in [-0.15, -0.1) is 11.3 Å². The molecule has 1 N–H and O–H groups in total. The first kappa shape index (κ1) is 23.5. The lowest BCUT2D eigenvalue weighted by molar-refractivity contribution is -0.116. The Bertz CT molecular complexity index is 880. The zero-order valence-electron chi connectivity index (χ0n) is 17.2. The highest BCUT2D eigenvalue weighted by atomic mass is 32.2. The van der Waals surface area contributed by atoms with Gasteiger partial charge in [0.25, 0.3) is 0 Å². The molecule has 162 valence electrons. The predicted molar refractivity (Wildman–Crippen MR) is 119 cm³/mol. The topological polar surface area (TPSA) is 88.6 Å². The molecule has 0 spiro atoms. The van der Waals surface area contributed by atoms with E-state index in [1.54, 1.807) is 24.3 Å². The summed E-state index contributed by atoms with van der Waals surface area (Å²) in [6, 6.07) is 6.67. The number of morpholine rings is 1. The van der Waals surface area contributed by atoms with E-state index in [0.717, 1.165) is 18.4 Å². The van der Waals surface area contributed by atoms with Crippen LogP contribution >= 0.6 is 11.3 Å². The zero-order valence-corrected chi connectivity index (χ0v) is 18.8. The summed E-state index contributed by atoms with van der Waals surface area (Å²) in [5.41, 5.74) is 1.52. The SMILES string of the molecule is CC.CCCCC(=O)Nc1nc(-c2ccc(S(=O)(=O)N3CCOCC3)cc2)cs1.[HH]. The van der Waals surface area contributed by atoms with E-state index in [2.05, 4.69) is 10.3 Å². The van der Waals surface area contributed by atoms with Crippen LogP contribution in [0.15, 0.2) is 34.5 Å². The average Bonchev–Trinajstić information content (AvgIpc) is 3.23. The van der Waals surface area contributed by atoms with Crippen LogP contribution in [0.3, 0.4) is 0 Å². The van der Waals surface area contributed by atoms with Gasteiger partial charge in [0.05, 0.1) is 23.8 Å². The van der Waals surface area contributed by atoms with Gasteiger partial charge in [-0.05, 0) is 18.6 Å². The molecule has 29 heavy (non-hydrogen) atoms. The number of hydrogen-bond acceptors (Lipinski definition) is 6. The predicted octanol–water partition coefficient (Wildman–Crippen LogP) is 4.23. The number of sulfonamides is 1. The lowest BCUT2D eigenvalue weighted by Gasteiger charge is -2.26. The molecule has 9 heteroatoms. The van der Waals surface area contributed by atoms with Crippen LogP contribution in [0.25, 0.3) is 11.3 Å². The number of nitrogens with zero attached hydrogens (tertiary/aromatic N) is 2. The molecular weight excluding hydrogens is 410 g/mol. The number of thiazole rings is 1. The molecule has 1 aliphatic heterocycles. The molecule has 1 aromatic carbocycles. The zero-order chi connectivity index (χ0) is 21.3. The quantitative estimate of drug-likeness (QED) is 0.694. The fraction of sp³-hybridized carbons (Fsp3) is 0.500. The van der Waals surface area contributed by atoms with Crippen molar-refractivity contribution in [3.05, 3.63) is 29.6 Å². The fourth-order valence-corrected chi connectivity index (χ4v) is 4.86. The standard InChI is InChI=1S/C18H23N3O4S2.C2H6.H2/c1-2-3-4-17(22)20-18-19-16(13-26-18)14-5-7-15(8-6-14)27(23,24)21-9-11-25-12-10-21;1-2;/h5-8,13H,2-4,9-12H2,1H3,(H,19,20,22);1-2H3;1H. The molecule has 0 saturated carbocycles. The van der Waals surface area contributed by atoms with Crippen molar-refractivity contribution in [2.24, 2.45) is 0 Å². The summed E-state index contributed by atoms with van der Waals surface area (Å²) < 4.78 is 32.0. The third-order valence-corrected chi connectivity index (χ3v) is 6.94. The van der Waals surface area contributed by atoms with Crippen molar-refractivity contribution in [3.63, 3.8) is 0 Å². The van der Waals surface area contributed by atoms with Gasteiger partial charge in [0.2, 0.25) is 15.9 Å². The molecule has 1 fully saturated rings. The number of nitrogens with one attached hydrogen (secondary N) is 1. The Balaban J connectivity index is 0.00000146. The van der Waals surface area contributed by atoms with Crippen LogP contribution < -0.4 is 5.32 Å². The van der Waals surface area contributed by atoms with E-state index in [4.69, 9.17) is 4.74 Å². The maximum atomic E-state index is 12.7. The summed E-state index contributed by atoms with van der Waals surface area (Å²) in [4.78, 5) is 16.5. The summed E-state index contributed by atoms with van der Waals surface area (Å²) in [5, 5.41) is 5.20. The van der Waals surface area contributed by atoms with Gasteiger partial charge in [-0.3, -0.25) is 4.79 Å². The molecule has 7 nitrogen and oxygen atoms in total. The minimum atomic E-state index is -3.50. The second kappa shape index (κ2) is 11.4. The van der Waals surface area contributed by atoms with Crippen molar-refractivity contribution in [1.29, 1.82) is 0 Å². The highest BCUT2D eigenvalue weighted by molar-refractivity contribution is 7.89. The first-order valence-electron chi connectivity index (χ1n) is 9.94. The van der Waals surface area contributed by atoms with Gasteiger partial charge in [0.1, 0.15) is 0 Å². The van der Waals surface area contributed by atoms with Crippen LogP contribution in [0.5, 0.6) is 0 Å². The fourth-order valence-electron chi connectivity index (χ4n) is 2.72. The Kier molecular flexibility index (Phi) is 9.22. The average molecular weight is 442 g/mol. The molecule has 2 aromatic rings. The number of amides is 1. The normalized spacial score (nSPS) is 14.7. The molecule has 1 aliphatic rings. The van der Waals surface area contributed by atoms with Gasteiger partial charge >= 0.3 is 0 Å². The third kappa shape index (κ3) is 6.33. The van der Waals surface area contributed by atoms with Crippen LogP contribution in [0.4, 0.5) is 5.13 Å². The number of rotatable bonds is 7. The summed E-state index contributed by atoms with van der Waals surface area (Å²) in [7, 11) is -3.50. The Labute approximate surface area is 178 Å². The van der Waals surface area contributed by atoms with Crippen molar-refractivity contribution in [2.75, 3.05) is 31.6 Å². The minimum absolute atomic E-state index is 0. The van der Waals surface area contributed by atoms with E-state index in [9.17, 15) is 13.2 Å². The highest BCUT2D eigenvalue weighted by Crippen LogP contribution is 2.27. The summed E-state index contributed by atoms with van der Waals surface area (Å²) in [5.74, 6) is -0.0373. The maximum absolute atomic E-state index is 12.7. The summed E-state index contributed by atoms with van der Waals surface area (Å²) in [6.45, 7) is 7.62. The van der Waals surface area contributed by atoms with Crippen molar-refractivity contribution in [2.45, 2.75) is 44.9 Å². The second-order valence-corrected chi connectivity index (χ2v) is 9.03. The number of carbonyl (C=O) groups is 1. The Morgan fingerprint density at radius 3 is 2.52 bits per heavy atom. The van der Waals surface area contributed by atoms with Crippen molar-refractivity contribution in [3.8, 4) is 11.3 Å². The number of ether oxygens (including phenoxy) is 1. The van der Waals surface area contributed by atoms with Crippen LogP contribution in [-0.2, 0) is 19.6 Å². The molecule has 0 atom stereocenters. The van der Waals surface area contributed by atoms with E-state index in [1.807, 2.05) is 26.2 Å². The molecule has 3 rings (SSSR count). The number of hydrogen-bond donors (Lipinski definition) is 1. The Hall–Kier alpha value is -1.81. The van der Waals surface area contributed by atoms with Crippen LogP contribution in [0, 0.1) is 0 Å².